The second-order valence-electron chi connectivity index (χ2n) is 7.24. The standard InChI is InChI=1S/C23H18N6O2S/c1-29-15-18(12-26-29)23-14-25-21-8-7-16(10-22(21)27-23)17-9-19(13-24-11-17)28-32(30,31)20-5-3-2-4-6-20/h2-15,28H,1H3. The Balaban J connectivity index is 1.48. The Morgan fingerprint density at radius 2 is 1.69 bits per heavy atom. The number of hydrogen-bond acceptors (Lipinski definition) is 6. The summed E-state index contributed by atoms with van der Waals surface area (Å²) < 4.78 is 29.6. The highest BCUT2D eigenvalue weighted by Gasteiger charge is 2.14. The van der Waals surface area contributed by atoms with E-state index in [1.54, 1.807) is 59.7 Å². The minimum Gasteiger partial charge on any atom is -0.278 e. The summed E-state index contributed by atoms with van der Waals surface area (Å²) >= 11 is 0. The number of nitrogens with zero attached hydrogens (tertiary/aromatic N) is 5. The quantitative estimate of drug-likeness (QED) is 0.443. The van der Waals surface area contributed by atoms with Gasteiger partial charge in [-0.3, -0.25) is 19.4 Å². The molecule has 0 radical (unpaired) electrons. The minimum absolute atomic E-state index is 0.189. The van der Waals surface area contributed by atoms with Gasteiger partial charge in [0.2, 0.25) is 0 Å². The molecule has 0 bridgehead atoms. The number of anilines is 1. The van der Waals surface area contributed by atoms with Crippen molar-refractivity contribution in [1.29, 1.82) is 0 Å². The third kappa shape index (κ3) is 3.93. The van der Waals surface area contributed by atoms with Crippen LogP contribution in [-0.4, -0.2) is 33.2 Å². The van der Waals surface area contributed by atoms with Crippen LogP contribution in [0.4, 0.5) is 5.69 Å². The summed E-state index contributed by atoms with van der Waals surface area (Å²) in [6.45, 7) is 0. The highest BCUT2D eigenvalue weighted by Crippen LogP contribution is 2.26. The third-order valence-corrected chi connectivity index (χ3v) is 6.32. The van der Waals surface area contributed by atoms with E-state index < -0.39 is 10.0 Å². The summed E-state index contributed by atoms with van der Waals surface area (Å²) in [4.78, 5) is 13.6. The van der Waals surface area contributed by atoms with Gasteiger partial charge < -0.3 is 0 Å². The lowest BCUT2D eigenvalue weighted by atomic mass is 10.1. The van der Waals surface area contributed by atoms with E-state index in [0.29, 0.717) is 5.69 Å². The lowest BCUT2D eigenvalue weighted by Gasteiger charge is -2.10. The number of benzene rings is 2. The molecule has 5 rings (SSSR count). The van der Waals surface area contributed by atoms with Gasteiger partial charge in [-0.2, -0.15) is 5.10 Å². The lowest BCUT2D eigenvalue weighted by Crippen LogP contribution is -2.12. The van der Waals surface area contributed by atoms with E-state index in [0.717, 1.165) is 33.4 Å². The first kappa shape index (κ1) is 19.8. The highest BCUT2D eigenvalue weighted by molar-refractivity contribution is 7.92. The van der Waals surface area contributed by atoms with E-state index in [4.69, 9.17) is 4.98 Å². The van der Waals surface area contributed by atoms with Crippen molar-refractivity contribution in [1.82, 2.24) is 24.7 Å². The number of nitrogens with one attached hydrogen (secondary N) is 1. The van der Waals surface area contributed by atoms with Crippen LogP contribution in [0, 0.1) is 0 Å². The number of sulfonamides is 1. The molecular weight excluding hydrogens is 424 g/mol. The molecule has 0 atom stereocenters. The van der Waals surface area contributed by atoms with Gasteiger partial charge in [0.25, 0.3) is 10.0 Å². The SMILES string of the molecule is Cn1cc(-c2cnc3ccc(-c4cncc(NS(=O)(=O)c5ccccc5)c4)cc3n2)cn1. The Morgan fingerprint density at radius 3 is 2.47 bits per heavy atom. The largest absolute Gasteiger partial charge is 0.278 e. The number of hydrogen-bond donors (Lipinski definition) is 1. The molecule has 0 unspecified atom stereocenters. The van der Waals surface area contributed by atoms with Gasteiger partial charge in [0.15, 0.2) is 0 Å². The molecule has 1 N–H and O–H groups in total. The van der Waals surface area contributed by atoms with Crippen LogP contribution in [0.5, 0.6) is 0 Å². The maximum Gasteiger partial charge on any atom is 0.261 e. The molecule has 0 aliphatic heterocycles. The molecule has 158 valence electrons. The van der Waals surface area contributed by atoms with Crippen molar-refractivity contribution in [2.24, 2.45) is 7.05 Å². The fraction of sp³-hybridized carbons (Fsp3) is 0.0435. The number of rotatable bonds is 5. The fourth-order valence-corrected chi connectivity index (χ4v) is 4.41. The Kier molecular flexibility index (Phi) is 4.87. The molecule has 0 saturated carbocycles. The van der Waals surface area contributed by atoms with Gasteiger partial charge in [0, 0.05) is 30.6 Å². The molecule has 32 heavy (non-hydrogen) atoms. The molecule has 0 spiro atoms. The zero-order chi connectivity index (χ0) is 22.1. The predicted octanol–water partition coefficient (Wildman–Crippen LogP) is 3.89. The van der Waals surface area contributed by atoms with Gasteiger partial charge in [0.1, 0.15) is 0 Å². The molecule has 0 saturated heterocycles. The van der Waals surface area contributed by atoms with Crippen LogP contribution < -0.4 is 4.72 Å². The minimum atomic E-state index is -3.70. The number of aromatic nitrogens is 5. The number of fused-ring (bicyclic) bond motifs is 1. The number of aryl methyl sites for hydroxylation is 1. The van der Waals surface area contributed by atoms with Crippen molar-refractivity contribution in [3.8, 4) is 22.4 Å². The predicted molar refractivity (Wildman–Crippen MR) is 122 cm³/mol. The second-order valence-corrected chi connectivity index (χ2v) is 8.92. The maximum absolute atomic E-state index is 12.6. The highest BCUT2D eigenvalue weighted by atomic mass is 32.2. The third-order valence-electron chi connectivity index (χ3n) is 4.92. The van der Waals surface area contributed by atoms with Crippen LogP contribution in [0.15, 0.2) is 90.5 Å². The first-order valence-corrected chi connectivity index (χ1v) is 11.3. The maximum atomic E-state index is 12.6. The van der Waals surface area contributed by atoms with Crippen LogP contribution in [0.25, 0.3) is 33.4 Å². The molecule has 3 heterocycles. The average Bonchev–Trinajstić information content (AvgIpc) is 3.25. The van der Waals surface area contributed by atoms with Gasteiger partial charge in [0.05, 0.1) is 45.9 Å². The van der Waals surface area contributed by atoms with Gasteiger partial charge in [-0.15, -0.1) is 0 Å². The summed E-state index contributed by atoms with van der Waals surface area (Å²) in [6, 6.07) is 15.7. The zero-order valence-corrected chi connectivity index (χ0v) is 17.9. The molecule has 0 amide bonds. The van der Waals surface area contributed by atoms with E-state index in [-0.39, 0.29) is 4.90 Å². The smallest absolute Gasteiger partial charge is 0.261 e. The van der Waals surface area contributed by atoms with Gasteiger partial charge in [-0.25, -0.2) is 13.4 Å². The Hall–Kier alpha value is -4.11. The fourth-order valence-electron chi connectivity index (χ4n) is 3.35. The summed E-state index contributed by atoms with van der Waals surface area (Å²) in [5.41, 5.74) is 5.07. The first-order chi connectivity index (χ1) is 15.5. The molecule has 8 nitrogen and oxygen atoms in total. The summed E-state index contributed by atoms with van der Waals surface area (Å²) in [6.07, 6.45) is 8.50. The summed E-state index contributed by atoms with van der Waals surface area (Å²) in [7, 11) is -1.85. The lowest BCUT2D eigenvalue weighted by molar-refractivity contribution is 0.601. The van der Waals surface area contributed by atoms with E-state index in [1.807, 2.05) is 31.4 Å². The van der Waals surface area contributed by atoms with E-state index in [2.05, 4.69) is 19.8 Å². The van der Waals surface area contributed by atoms with Crippen LogP contribution in [0.3, 0.4) is 0 Å². The Bertz CT molecular complexity index is 1530. The van der Waals surface area contributed by atoms with Gasteiger partial charge in [-0.1, -0.05) is 24.3 Å². The number of pyridine rings is 1. The molecule has 0 fully saturated rings. The van der Waals surface area contributed by atoms with Crippen LogP contribution in [0.2, 0.25) is 0 Å². The Morgan fingerprint density at radius 1 is 0.844 bits per heavy atom. The molecular formula is C23H18N6O2S. The second kappa shape index (κ2) is 7.86. The Labute approximate surface area is 184 Å². The van der Waals surface area contributed by atoms with E-state index in [1.165, 1.54) is 6.20 Å². The topological polar surface area (TPSA) is 103 Å². The van der Waals surface area contributed by atoms with Gasteiger partial charge >= 0.3 is 0 Å². The van der Waals surface area contributed by atoms with Crippen molar-refractivity contribution in [2.75, 3.05) is 4.72 Å². The molecule has 2 aromatic carbocycles. The van der Waals surface area contributed by atoms with Crippen LogP contribution >= 0.6 is 0 Å². The van der Waals surface area contributed by atoms with Crippen molar-refractivity contribution in [3.63, 3.8) is 0 Å². The van der Waals surface area contributed by atoms with E-state index in [9.17, 15) is 8.42 Å². The van der Waals surface area contributed by atoms with Crippen molar-refractivity contribution in [3.05, 3.63) is 85.6 Å². The van der Waals surface area contributed by atoms with Crippen molar-refractivity contribution in [2.45, 2.75) is 4.90 Å². The molecule has 9 heteroatoms. The average molecular weight is 443 g/mol. The van der Waals surface area contributed by atoms with Crippen molar-refractivity contribution >= 4 is 26.7 Å². The van der Waals surface area contributed by atoms with Gasteiger partial charge in [-0.05, 0) is 35.9 Å². The van der Waals surface area contributed by atoms with E-state index >= 15 is 0 Å². The summed E-state index contributed by atoms with van der Waals surface area (Å²) in [5, 5.41) is 4.18. The van der Waals surface area contributed by atoms with Crippen LogP contribution in [-0.2, 0) is 17.1 Å². The molecule has 3 aromatic heterocycles. The monoisotopic (exact) mass is 442 g/mol. The summed E-state index contributed by atoms with van der Waals surface area (Å²) in [5.74, 6) is 0. The molecule has 0 aliphatic rings. The van der Waals surface area contributed by atoms with Crippen molar-refractivity contribution < 1.29 is 8.42 Å². The zero-order valence-electron chi connectivity index (χ0n) is 17.0. The van der Waals surface area contributed by atoms with Crippen LogP contribution in [0.1, 0.15) is 0 Å². The molecule has 5 aromatic rings. The normalized spacial score (nSPS) is 11.5. The molecule has 0 aliphatic carbocycles. The first-order valence-electron chi connectivity index (χ1n) is 9.77.